The maximum absolute atomic E-state index is 10.8. The Morgan fingerprint density at radius 2 is 1.30 bits per heavy atom. The van der Waals surface area contributed by atoms with Crippen molar-refractivity contribution < 1.29 is 25.6 Å². The molecule has 4 heterocycles. The van der Waals surface area contributed by atoms with Crippen molar-refractivity contribution in [3.63, 3.8) is 0 Å². The average molecular weight is 826 g/mol. The van der Waals surface area contributed by atoms with E-state index in [0.717, 1.165) is 55.3 Å². The number of hydrogen-bond acceptors (Lipinski definition) is 2. The second-order valence-electron chi connectivity index (χ2n) is 13.3. The minimum absolute atomic E-state index is 0. The van der Waals surface area contributed by atoms with Gasteiger partial charge in [-0.15, -0.1) is 12.1 Å². The molecule has 4 aromatic heterocycles. The summed E-state index contributed by atoms with van der Waals surface area (Å²) in [5.41, 5.74) is 8.88. The zero-order valence-electron chi connectivity index (χ0n) is 27.6. The predicted octanol–water partition coefficient (Wildman–Crippen LogP) is 8.91. The van der Waals surface area contributed by atoms with Crippen LogP contribution in [0.15, 0.2) is 128 Å². The minimum Gasteiger partial charge on any atom is -0.321 e. The molecule has 5 aromatic carbocycles. The monoisotopic (exact) mass is 825 g/mol. The van der Waals surface area contributed by atoms with Crippen LogP contribution in [0, 0.1) is 29.8 Å². The van der Waals surface area contributed by atoms with Crippen LogP contribution in [0.2, 0.25) is 0 Å². The van der Waals surface area contributed by atoms with Gasteiger partial charge in [-0.3, -0.25) is 4.57 Å². The summed E-state index contributed by atoms with van der Waals surface area (Å²) in [6, 6.07) is 48.6. The Morgan fingerprint density at radius 3 is 1.92 bits per heavy atom. The first-order valence-corrected chi connectivity index (χ1v) is 16.3. The normalized spacial score (nSPS) is 11.7. The summed E-state index contributed by atoms with van der Waals surface area (Å²) in [6.45, 7) is 6.66. The molecular formula is C43H30N6Pt-2. The van der Waals surface area contributed by atoms with E-state index in [4.69, 9.17) is 4.98 Å². The number of nitriles is 1. The Balaban J connectivity index is 0.00000361. The van der Waals surface area contributed by atoms with Crippen LogP contribution < -0.4 is 4.57 Å². The zero-order chi connectivity index (χ0) is 33.3. The fourth-order valence-electron chi connectivity index (χ4n) is 6.94. The molecule has 0 saturated carbocycles. The third-order valence-corrected chi connectivity index (χ3v) is 9.31. The summed E-state index contributed by atoms with van der Waals surface area (Å²) in [5.74, 6) is 0. The molecule has 9 aromatic rings. The number of nitrogens with zero attached hydrogens (tertiary/aromatic N) is 6. The Bertz CT molecular complexity index is 2750. The standard InChI is InChI=1S/C43H30N6.Pt/c1-43(2,3)29-20-22-30(23-21-29)46-24-25-47(28-46)32-14-11-15-33(26-32)49-38-19-10-8-17-35(38)40-36(27-44)39-34-16-7-9-18-37(34)48(41(39)45-42(40)49)31-12-5-4-6-13-31;/h4-12,14-25H,1-3H3;/q-2;. The Kier molecular flexibility index (Phi) is 7.55. The van der Waals surface area contributed by atoms with Gasteiger partial charge in [0.1, 0.15) is 17.4 Å². The van der Waals surface area contributed by atoms with Crippen LogP contribution >= 0.6 is 0 Å². The molecule has 0 atom stereocenters. The van der Waals surface area contributed by atoms with Gasteiger partial charge in [-0.2, -0.15) is 47.7 Å². The van der Waals surface area contributed by atoms with Crippen LogP contribution in [0.1, 0.15) is 31.9 Å². The van der Waals surface area contributed by atoms with Gasteiger partial charge in [0.25, 0.3) is 6.33 Å². The van der Waals surface area contributed by atoms with Crippen LogP contribution in [0.5, 0.6) is 0 Å². The number of imidazole rings is 1. The molecule has 0 aliphatic heterocycles. The van der Waals surface area contributed by atoms with Gasteiger partial charge < -0.3 is 13.7 Å². The Morgan fingerprint density at radius 1 is 0.700 bits per heavy atom. The van der Waals surface area contributed by atoms with Crippen LogP contribution in [-0.2, 0) is 26.5 Å². The number of benzene rings is 5. The van der Waals surface area contributed by atoms with Gasteiger partial charge in [-0.1, -0.05) is 80.7 Å². The van der Waals surface area contributed by atoms with Crippen molar-refractivity contribution in [3.8, 4) is 28.8 Å². The summed E-state index contributed by atoms with van der Waals surface area (Å²) in [5, 5.41) is 14.4. The van der Waals surface area contributed by atoms with E-state index in [0.29, 0.717) is 16.9 Å². The van der Waals surface area contributed by atoms with Gasteiger partial charge in [0.05, 0.1) is 22.3 Å². The van der Waals surface area contributed by atoms with Crippen molar-refractivity contribution in [2.45, 2.75) is 26.2 Å². The van der Waals surface area contributed by atoms with Crippen molar-refractivity contribution in [2.75, 3.05) is 0 Å². The van der Waals surface area contributed by atoms with Crippen molar-refractivity contribution in [2.24, 2.45) is 0 Å². The smallest absolute Gasteiger partial charge is 0.267 e. The summed E-state index contributed by atoms with van der Waals surface area (Å²) >= 11 is 0. The molecular weight excluding hydrogens is 796 g/mol. The van der Waals surface area contributed by atoms with Crippen LogP contribution in [0.4, 0.5) is 0 Å². The molecule has 0 saturated heterocycles. The number of hydrogen-bond donors (Lipinski definition) is 0. The molecule has 0 fully saturated rings. The molecule has 0 bridgehead atoms. The van der Waals surface area contributed by atoms with Gasteiger partial charge in [-0.05, 0) is 40.9 Å². The molecule has 50 heavy (non-hydrogen) atoms. The van der Waals surface area contributed by atoms with E-state index in [9.17, 15) is 5.26 Å². The number of para-hydroxylation sites is 3. The Labute approximate surface area is 304 Å². The van der Waals surface area contributed by atoms with Gasteiger partial charge in [0.2, 0.25) is 0 Å². The first-order valence-electron chi connectivity index (χ1n) is 16.3. The number of fused-ring (bicyclic) bond motifs is 6. The maximum Gasteiger partial charge on any atom is 0.267 e. The van der Waals surface area contributed by atoms with Crippen LogP contribution in [0.25, 0.3) is 66.6 Å². The molecule has 9 rings (SSSR count). The van der Waals surface area contributed by atoms with Gasteiger partial charge >= 0.3 is 0 Å². The number of rotatable bonds is 4. The number of pyridine rings is 1. The fraction of sp³-hybridized carbons (Fsp3) is 0.0930. The van der Waals surface area contributed by atoms with E-state index in [1.807, 2.05) is 88.3 Å². The summed E-state index contributed by atoms with van der Waals surface area (Å²) in [6.07, 6.45) is 7.45. The minimum atomic E-state index is 0. The van der Waals surface area contributed by atoms with Gasteiger partial charge in [0.15, 0.2) is 0 Å². The second-order valence-corrected chi connectivity index (χ2v) is 13.3. The topological polar surface area (TPSA) is 55.4 Å². The molecule has 0 aliphatic carbocycles. The molecule has 0 unspecified atom stereocenters. The number of aromatic nitrogens is 5. The van der Waals surface area contributed by atoms with Crippen molar-refractivity contribution in [3.05, 3.63) is 157 Å². The summed E-state index contributed by atoms with van der Waals surface area (Å²) in [7, 11) is 0. The van der Waals surface area contributed by atoms with E-state index in [2.05, 4.69) is 103 Å². The van der Waals surface area contributed by atoms with E-state index in [1.165, 1.54) is 5.56 Å². The van der Waals surface area contributed by atoms with E-state index >= 15 is 0 Å². The second kappa shape index (κ2) is 12.0. The first-order chi connectivity index (χ1) is 23.9. The largest absolute Gasteiger partial charge is 0.321 e. The van der Waals surface area contributed by atoms with E-state index < -0.39 is 0 Å². The predicted molar refractivity (Wildman–Crippen MR) is 194 cm³/mol. The third-order valence-electron chi connectivity index (χ3n) is 9.31. The van der Waals surface area contributed by atoms with E-state index in [-0.39, 0.29) is 26.5 Å². The summed E-state index contributed by atoms with van der Waals surface area (Å²) in [4.78, 5) is 5.40. The Hall–Kier alpha value is -5.76. The van der Waals surface area contributed by atoms with Crippen molar-refractivity contribution >= 4 is 43.9 Å². The van der Waals surface area contributed by atoms with Crippen LogP contribution in [-0.4, -0.2) is 18.7 Å². The van der Waals surface area contributed by atoms with Crippen LogP contribution in [0.3, 0.4) is 0 Å². The molecule has 0 aliphatic rings. The first kappa shape index (κ1) is 31.5. The molecule has 0 spiro atoms. The van der Waals surface area contributed by atoms with E-state index in [1.54, 1.807) is 0 Å². The van der Waals surface area contributed by atoms with Crippen molar-refractivity contribution in [1.82, 2.24) is 18.7 Å². The molecule has 0 N–H and O–H groups in total. The third kappa shape index (κ3) is 4.89. The van der Waals surface area contributed by atoms with Crippen molar-refractivity contribution in [1.29, 1.82) is 5.26 Å². The van der Waals surface area contributed by atoms with Gasteiger partial charge in [-0.25, -0.2) is 4.98 Å². The zero-order valence-corrected chi connectivity index (χ0v) is 29.9. The SMILES string of the molecule is CC(C)(C)c1ccc(-[n+]2[c-]n(-c3[c-]c(-n4c5ccccc5c5c(C#N)c6c7ccccc7n(-c7[c-]cccc7)c6nc54)ccc3)cc2)cc1.[Pt]. The molecule has 7 heteroatoms. The quantitative estimate of drug-likeness (QED) is 0.132. The molecule has 6 nitrogen and oxygen atoms in total. The summed E-state index contributed by atoms with van der Waals surface area (Å²) < 4.78 is 8.16. The van der Waals surface area contributed by atoms with Gasteiger partial charge in [0, 0.05) is 55.0 Å². The molecule has 0 amide bonds. The average Bonchev–Trinajstić information content (AvgIpc) is 3.84. The maximum atomic E-state index is 10.8. The molecule has 0 radical (unpaired) electrons. The fourth-order valence-corrected chi connectivity index (χ4v) is 6.94. The molecule has 244 valence electrons.